The molecule has 15 heavy (non-hydrogen) atoms. The zero-order chi connectivity index (χ0) is 11.3. The Morgan fingerprint density at radius 3 is 2.80 bits per heavy atom. The molecule has 0 aliphatic rings. The lowest BCUT2D eigenvalue weighted by atomic mass is 10.1. The van der Waals surface area contributed by atoms with Crippen LogP contribution in [0.15, 0.2) is 18.3 Å². The van der Waals surface area contributed by atoms with Crippen molar-refractivity contribution in [3.8, 4) is 5.75 Å². The van der Waals surface area contributed by atoms with E-state index in [1.54, 1.807) is 19.4 Å². The van der Waals surface area contributed by atoms with Crippen molar-refractivity contribution in [2.45, 2.75) is 25.9 Å². The number of hydrogen-bond donors (Lipinski definition) is 1. The SMILES string of the molecule is COC(C)(C)CCOc1cccnc1N. The molecule has 0 aromatic carbocycles. The molecular weight excluding hydrogens is 192 g/mol. The molecule has 0 bridgehead atoms. The van der Waals surface area contributed by atoms with Crippen LogP contribution in [-0.2, 0) is 4.74 Å². The van der Waals surface area contributed by atoms with Gasteiger partial charge in [-0.3, -0.25) is 0 Å². The first-order valence-electron chi connectivity index (χ1n) is 4.93. The average Bonchev–Trinajstić information content (AvgIpc) is 2.21. The topological polar surface area (TPSA) is 57.4 Å². The summed E-state index contributed by atoms with van der Waals surface area (Å²) in [6.45, 7) is 4.60. The number of anilines is 1. The predicted octanol–water partition coefficient (Wildman–Crippen LogP) is 1.86. The minimum atomic E-state index is -0.170. The van der Waals surface area contributed by atoms with Gasteiger partial charge in [0.05, 0.1) is 12.2 Å². The van der Waals surface area contributed by atoms with E-state index in [1.165, 1.54) is 0 Å². The summed E-state index contributed by atoms with van der Waals surface area (Å²) in [5.41, 5.74) is 5.47. The molecule has 4 heteroatoms. The molecule has 0 saturated carbocycles. The third-order valence-corrected chi connectivity index (χ3v) is 2.31. The highest BCUT2D eigenvalue weighted by molar-refractivity contribution is 5.44. The van der Waals surface area contributed by atoms with Crippen molar-refractivity contribution in [2.75, 3.05) is 19.5 Å². The van der Waals surface area contributed by atoms with Crippen molar-refractivity contribution in [3.63, 3.8) is 0 Å². The summed E-state index contributed by atoms with van der Waals surface area (Å²) < 4.78 is 10.8. The molecule has 0 atom stereocenters. The Morgan fingerprint density at radius 1 is 1.47 bits per heavy atom. The van der Waals surface area contributed by atoms with Crippen LogP contribution < -0.4 is 10.5 Å². The van der Waals surface area contributed by atoms with E-state index in [1.807, 2.05) is 19.9 Å². The summed E-state index contributed by atoms with van der Waals surface area (Å²) in [6, 6.07) is 3.61. The van der Waals surface area contributed by atoms with Gasteiger partial charge in [0, 0.05) is 19.7 Å². The maximum absolute atomic E-state index is 5.64. The first-order chi connectivity index (χ1) is 7.05. The van der Waals surface area contributed by atoms with Gasteiger partial charge in [0.2, 0.25) is 0 Å². The van der Waals surface area contributed by atoms with Crippen LogP contribution in [-0.4, -0.2) is 24.3 Å². The fourth-order valence-electron chi connectivity index (χ4n) is 1.03. The second-order valence-corrected chi connectivity index (χ2v) is 3.95. The van der Waals surface area contributed by atoms with Gasteiger partial charge in [0.25, 0.3) is 0 Å². The number of methoxy groups -OCH3 is 1. The average molecular weight is 210 g/mol. The smallest absolute Gasteiger partial charge is 0.166 e. The fourth-order valence-corrected chi connectivity index (χ4v) is 1.03. The quantitative estimate of drug-likeness (QED) is 0.805. The van der Waals surface area contributed by atoms with Crippen LogP contribution in [0.3, 0.4) is 0 Å². The van der Waals surface area contributed by atoms with Gasteiger partial charge in [0.15, 0.2) is 11.6 Å². The largest absolute Gasteiger partial charge is 0.490 e. The van der Waals surface area contributed by atoms with Crippen molar-refractivity contribution in [2.24, 2.45) is 0 Å². The molecule has 4 nitrogen and oxygen atoms in total. The van der Waals surface area contributed by atoms with Crippen LogP contribution in [0.5, 0.6) is 5.75 Å². The number of hydrogen-bond acceptors (Lipinski definition) is 4. The van der Waals surface area contributed by atoms with Gasteiger partial charge in [-0.15, -0.1) is 0 Å². The lowest BCUT2D eigenvalue weighted by Gasteiger charge is -2.22. The second-order valence-electron chi connectivity index (χ2n) is 3.95. The molecule has 0 saturated heterocycles. The molecule has 0 aliphatic heterocycles. The van der Waals surface area contributed by atoms with E-state index in [9.17, 15) is 0 Å². The number of ether oxygens (including phenoxy) is 2. The summed E-state index contributed by atoms with van der Waals surface area (Å²) in [6.07, 6.45) is 2.44. The fraction of sp³-hybridized carbons (Fsp3) is 0.545. The van der Waals surface area contributed by atoms with E-state index in [-0.39, 0.29) is 5.60 Å². The highest BCUT2D eigenvalue weighted by Crippen LogP contribution is 2.19. The Labute approximate surface area is 90.4 Å². The van der Waals surface area contributed by atoms with Crippen molar-refractivity contribution >= 4 is 5.82 Å². The third kappa shape index (κ3) is 3.75. The molecule has 1 rings (SSSR count). The molecule has 1 aromatic rings. The van der Waals surface area contributed by atoms with Crippen molar-refractivity contribution in [3.05, 3.63) is 18.3 Å². The summed E-state index contributed by atoms with van der Waals surface area (Å²) in [5, 5.41) is 0. The molecule has 2 N–H and O–H groups in total. The number of rotatable bonds is 5. The Kier molecular flexibility index (Phi) is 3.91. The maximum Gasteiger partial charge on any atom is 0.166 e. The molecule has 0 unspecified atom stereocenters. The van der Waals surface area contributed by atoms with Gasteiger partial charge in [-0.2, -0.15) is 0 Å². The van der Waals surface area contributed by atoms with Crippen molar-refractivity contribution < 1.29 is 9.47 Å². The normalized spacial score (nSPS) is 11.4. The van der Waals surface area contributed by atoms with Crippen LogP contribution in [0.25, 0.3) is 0 Å². The van der Waals surface area contributed by atoms with E-state index >= 15 is 0 Å². The number of nitrogens with two attached hydrogens (primary N) is 1. The molecule has 0 radical (unpaired) electrons. The minimum Gasteiger partial charge on any atom is -0.490 e. The van der Waals surface area contributed by atoms with Crippen LogP contribution in [0.2, 0.25) is 0 Å². The maximum atomic E-state index is 5.64. The summed E-state index contributed by atoms with van der Waals surface area (Å²) in [4.78, 5) is 3.94. The minimum absolute atomic E-state index is 0.170. The summed E-state index contributed by atoms with van der Waals surface area (Å²) in [7, 11) is 1.69. The van der Waals surface area contributed by atoms with E-state index in [4.69, 9.17) is 15.2 Å². The zero-order valence-electron chi connectivity index (χ0n) is 9.49. The lowest BCUT2D eigenvalue weighted by Crippen LogP contribution is -2.25. The molecule has 0 aliphatic carbocycles. The number of pyridine rings is 1. The molecule has 1 aromatic heterocycles. The highest BCUT2D eigenvalue weighted by Gasteiger charge is 2.16. The standard InChI is InChI=1S/C11H18N2O2/c1-11(2,14-3)6-8-15-9-5-4-7-13-10(9)12/h4-5,7H,6,8H2,1-3H3,(H2,12,13). The number of nitrogens with zero attached hydrogens (tertiary/aromatic N) is 1. The van der Waals surface area contributed by atoms with Crippen molar-refractivity contribution in [1.82, 2.24) is 4.98 Å². The molecule has 0 amide bonds. The van der Waals surface area contributed by atoms with Crippen LogP contribution in [0.4, 0.5) is 5.82 Å². The molecular formula is C11H18N2O2. The Hall–Kier alpha value is -1.29. The molecule has 0 fully saturated rings. The monoisotopic (exact) mass is 210 g/mol. The van der Waals surface area contributed by atoms with E-state index in [0.717, 1.165) is 6.42 Å². The molecule has 0 spiro atoms. The Bertz CT molecular complexity index is 313. The molecule has 1 heterocycles. The van der Waals surface area contributed by atoms with Crippen LogP contribution in [0, 0.1) is 0 Å². The lowest BCUT2D eigenvalue weighted by molar-refractivity contribution is 0.00549. The first-order valence-corrected chi connectivity index (χ1v) is 4.93. The Balaban J connectivity index is 2.42. The van der Waals surface area contributed by atoms with Gasteiger partial charge >= 0.3 is 0 Å². The first kappa shape index (κ1) is 11.8. The van der Waals surface area contributed by atoms with Crippen LogP contribution in [0.1, 0.15) is 20.3 Å². The summed E-state index contributed by atoms with van der Waals surface area (Å²) in [5.74, 6) is 1.05. The predicted molar refractivity (Wildman–Crippen MR) is 59.8 cm³/mol. The van der Waals surface area contributed by atoms with Gasteiger partial charge < -0.3 is 15.2 Å². The van der Waals surface area contributed by atoms with Crippen molar-refractivity contribution in [1.29, 1.82) is 0 Å². The van der Waals surface area contributed by atoms with Gasteiger partial charge in [-0.25, -0.2) is 4.98 Å². The highest BCUT2D eigenvalue weighted by atomic mass is 16.5. The van der Waals surface area contributed by atoms with Gasteiger partial charge in [-0.1, -0.05) is 0 Å². The van der Waals surface area contributed by atoms with Crippen LogP contribution >= 0.6 is 0 Å². The number of aromatic nitrogens is 1. The second kappa shape index (κ2) is 4.98. The third-order valence-electron chi connectivity index (χ3n) is 2.31. The Morgan fingerprint density at radius 2 is 2.20 bits per heavy atom. The van der Waals surface area contributed by atoms with Gasteiger partial charge in [0.1, 0.15) is 0 Å². The van der Waals surface area contributed by atoms with E-state index in [2.05, 4.69) is 4.98 Å². The molecule has 84 valence electrons. The zero-order valence-corrected chi connectivity index (χ0v) is 9.49. The van der Waals surface area contributed by atoms with E-state index in [0.29, 0.717) is 18.2 Å². The number of nitrogen functional groups attached to an aromatic ring is 1. The van der Waals surface area contributed by atoms with Gasteiger partial charge in [-0.05, 0) is 26.0 Å². The summed E-state index contributed by atoms with van der Waals surface area (Å²) >= 11 is 0. The van der Waals surface area contributed by atoms with E-state index < -0.39 is 0 Å².